The number of carbonyl (C=O) groups excluding carboxylic acids is 1. The molecular weight excluding hydrogens is 320 g/mol. The molecule has 0 saturated carbocycles. The lowest BCUT2D eigenvalue weighted by Crippen LogP contribution is -2.08. The summed E-state index contributed by atoms with van der Waals surface area (Å²) in [6.45, 7) is 0.510. The molecule has 0 radical (unpaired) electrons. The molecule has 2 aromatic rings. The Morgan fingerprint density at radius 2 is 1.90 bits per heavy atom. The molecule has 0 spiro atoms. The van der Waals surface area contributed by atoms with Gasteiger partial charge in [0.25, 0.3) is 0 Å². The largest absolute Gasteiger partial charge is 0.492 e. The van der Waals surface area contributed by atoms with Crippen molar-refractivity contribution < 1.29 is 14.3 Å². The lowest BCUT2D eigenvalue weighted by atomic mass is 10.1. The fourth-order valence-corrected chi connectivity index (χ4v) is 2.18. The molecule has 0 aliphatic rings. The van der Waals surface area contributed by atoms with Gasteiger partial charge in [-0.15, -0.1) is 0 Å². The molecule has 4 heteroatoms. The van der Waals surface area contributed by atoms with Crippen molar-refractivity contribution in [1.29, 1.82) is 0 Å². The first-order valence-electron chi connectivity index (χ1n) is 6.25. The zero-order valence-electron chi connectivity index (χ0n) is 11.1. The monoisotopic (exact) mass is 334 g/mol. The molecule has 0 heterocycles. The van der Waals surface area contributed by atoms with E-state index in [1.54, 1.807) is 12.1 Å². The molecule has 0 N–H and O–H groups in total. The van der Waals surface area contributed by atoms with Crippen LogP contribution in [0.5, 0.6) is 5.75 Å². The van der Waals surface area contributed by atoms with Gasteiger partial charge < -0.3 is 9.47 Å². The first-order chi connectivity index (χ1) is 9.70. The topological polar surface area (TPSA) is 35.5 Å². The van der Waals surface area contributed by atoms with Crippen LogP contribution in [0.25, 0.3) is 0 Å². The maximum Gasteiger partial charge on any atom is 0.341 e. The van der Waals surface area contributed by atoms with Gasteiger partial charge in [-0.25, -0.2) is 4.79 Å². The van der Waals surface area contributed by atoms with Gasteiger partial charge >= 0.3 is 5.97 Å². The Hall–Kier alpha value is -1.81. The number of esters is 1. The van der Waals surface area contributed by atoms with Crippen LogP contribution in [0.4, 0.5) is 0 Å². The third-order valence-electron chi connectivity index (χ3n) is 2.84. The molecule has 2 aromatic carbocycles. The average Bonchev–Trinajstić information content (AvgIpc) is 2.49. The van der Waals surface area contributed by atoms with Gasteiger partial charge in [0, 0.05) is 10.9 Å². The van der Waals surface area contributed by atoms with E-state index in [1.165, 1.54) is 12.7 Å². The molecular formula is C16H15BrO3. The Bertz CT molecular complexity index is 582. The van der Waals surface area contributed by atoms with Gasteiger partial charge in [0.15, 0.2) is 0 Å². The van der Waals surface area contributed by atoms with Gasteiger partial charge in [0.05, 0.1) is 13.7 Å². The maximum absolute atomic E-state index is 11.7. The van der Waals surface area contributed by atoms with Crippen LogP contribution in [0.3, 0.4) is 0 Å². The highest BCUT2D eigenvalue weighted by Crippen LogP contribution is 2.24. The zero-order chi connectivity index (χ0) is 14.4. The normalized spacial score (nSPS) is 10.1. The number of carbonyl (C=O) groups is 1. The fraction of sp³-hybridized carbons (Fsp3) is 0.188. The van der Waals surface area contributed by atoms with E-state index in [9.17, 15) is 4.79 Å². The Morgan fingerprint density at radius 1 is 1.15 bits per heavy atom. The van der Waals surface area contributed by atoms with E-state index in [1.807, 2.05) is 36.4 Å². The number of hydrogen-bond donors (Lipinski definition) is 0. The van der Waals surface area contributed by atoms with Crippen LogP contribution in [-0.4, -0.2) is 19.7 Å². The van der Waals surface area contributed by atoms with Crippen LogP contribution in [0.1, 0.15) is 15.9 Å². The zero-order valence-corrected chi connectivity index (χ0v) is 12.7. The Kier molecular flexibility index (Phi) is 5.18. The summed E-state index contributed by atoms with van der Waals surface area (Å²) < 4.78 is 11.3. The lowest BCUT2D eigenvalue weighted by Gasteiger charge is -2.10. The summed E-state index contributed by atoms with van der Waals surface area (Å²) in [5.74, 6) is 0.136. The minimum absolute atomic E-state index is 0.402. The standard InChI is InChI=1S/C16H15BrO3/c1-19-16(18)14-11-13(17)7-8-15(14)20-10-9-12-5-3-2-4-6-12/h2-8,11H,9-10H2,1H3. The predicted molar refractivity (Wildman–Crippen MR) is 81.1 cm³/mol. The molecule has 0 saturated heterocycles. The number of hydrogen-bond acceptors (Lipinski definition) is 3. The van der Waals surface area contributed by atoms with E-state index < -0.39 is 5.97 Å². The average molecular weight is 335 g/mol. The number of methoxy groups -OCH3 is 1. The van der Waals surface area contributed by atoms with Crippen molar-refractivity contribution in [3.8, 4) is 5.75 Å². The number of ether oxygens (including phenoxy) is 2. The Labute approximate surface area is 126 Å². The first-order valence-corrected chi connectivity index (χ1v) is 7.04. The molecule has 104 valence electrons. The van der Waals surface area contributed by atoms with Gasteiger partial charge in [-0.1, -0.05) is 46.3 Å². The summed E-state index contributed by atoms with van der Waals surface area (Å²) in [6, 6.07) is 15.4. The highest BCUT2D eigenvalue weighted by atomic mass is 79.9. The summed E-state index contributed by atoms with van der Waals surface area (Å²) in [6.07, 6.45) is 0.789. The van der Waals surface area contributed by atoms with Crippen molar-refractivity contribution in [2.75, 3.05) is 13.7 Å². The second-order valence-corrected chi connectivity index (χ2v) is 5.13. The second-order valence-electron chi connectivity index (χ2n) is 4.22. The van der Waals surface area contributed by atoms with E-state index in [-0.39, 0.29) is 0 Å². The molecule has 0 bridgehead atoms. The van der Waals surface area contributed by atoms with Crippen LogP contribution in [-0.2, 0) is 11.2 Å². The summed E-state index contributed by atoms with van der Waals surface area (Å²) >= 11 is 3.34. The van der Waals surface area contributed by atoms with Crippen molar-refractivity contribution in [2.45, 2.75) is 6.42 Å². The van der Waals surface area contributed by atoms with Crippen LogP contribution in [0.2, 0.25) is 0 Å². The first kappa shape index (κ1) is 14.6. The lowest BCUT2D eigenvalue weighted by molar-refractivity contribution is 0.0596. The SMILES string of the molecule is COC(=O)c1cc(Br)ccc1OCCc1ccccc1. The van der Waals surface area contributed by atoms with E-state index in [0.29, 0.717) is 17.9 Å². The molecule has 0 amide bonds. The van der Waals surface area contributed by atoms with E-state index >= 15 is 0 Å². The van der Waals surface area contributed by atoms with Gasteiger partial charge in [0.1, 0.15) is 11.3 Å². The molecule has 0 unspecified atom stereocenters. The van der Waals surface area contributed by atoms with Crippen LogP contribution >= 0.6 is 15.9 Å². The summed E-state index contributed by atoms with van der Waals surface area (Å²) in [5.41, 5.74) is 1.62. The summed E-state index contributed by atoms with van der Waals surface area (Å²) in [7, 11) is 1.36. The number of halogens is 1. The molecule has 3 nitrogen and oxygen atoms in total. The van der Waals surface area contributed by atoms with E-state index in [2.05, 4.69) is 15.9 Å². The Balaban J connectivity index is 2.04. The molecule has 0 aliphatic carbocycles. The number of benzene rings is 2. The van der Waals surface area contributed by atoms with Gasteiger partial charge in [-0.05, 0) is 23.8 Å². The third kappa shape index (κ3) is 3.84. The molecule has 2 rings (SSSR count). The van der Waals surface area contributed by atoms with Gasteiger partial charge in [0.2, 0.25) is 0 Å². The summed E-state index contributed by atoms with van der Waals surface area (Å²) in [5, 5.41) is 0. The van der Waals surface area contributed by atoms with Crippen molar-refractivity contribution in [3.63, 3.8) is 0 Å². The molecule has 0 fully saturated rings. The van der Waals surface area contributed by atoms with Crippen molar-refractivity contribution in [1.82, 2.24) is 0 Å². The highest BCUT2D eigenvalue weighted by Gasteiger charge is 2.13. The van der Waals surface area contributed by atoms with Crippen molar-refractivity contribution in [3.05, 3.63) is 64.1 Å². The minimum Gasteiger partial charge on any atom is -0.492 e. The van der Waals surface area contributed by atoms with E-state index in [0.717, 1.165) is 10.9 Å². The molecule has 0 aromatic heterocycles. The molecule has 0 aliphatic heterocycles. The molecule has 0 atom stereocenters. The number of rotatable bonds is 5. The molecule has 20 heavy (non-hydrogen) atoms. The third-order valence-corrected chi connectivity index (χ3v) is 3.33. The van der Waals surface area contributed by atoms with E-state index in [4.69, 9.17) is 9.47 Å². The van der Waals surface area contributed by atoms with Gasteiger partial charge in [-0.3, -0.25) is 0 Å². The summed E-state index contributed by atoms with van der Waals surface area (Å²) in [4.78, 5) is 11.7. The fourth-order valence-electron chi connectivity index (χ4n) is 1.82. The van der Waals surface area contributed by atoms with Gasteiger partial charge in [-0.2, -0.15) is 0 Å². The van der Waals surface area contributed by atoms with Crippen LogP contribution in [0.15, 0.2) is 53.0 Å². The predicted octanol–water partition coefficient (Wildman–Crippen LogP) is 3.86. The van der Waals surface area contributed by atoms with Crippen molar-refractivity contribution in [2.24, 2.45) is 0 Å². The van der Waals surface area contributed by atoms with Crippen molar-refractivity contribution >= 4 is 21.9 Å². The quantitative estimate of drug-likeness (QED) is 0.779. The smallest absolute Gasteiger partial charge is 0.341 e. The highest BCUT2D eigenvalue weighted by molar-refractivity contribution is 9.10. The Morgan fingerprint density at radius 3 is 2.60 bits per heavy atom. The minimum atomic E-state index is -0.402. The van der Waals surface area contributed by atoms with Crippen LogP contribution < -0.4 is 4.74 Å². The second kappa shape index (κ2) is 7.10. The maximum atomic E-state index is 11.7. The van der Waals surface area contributed by atoms with Crippen LogP contribution in [0, 0.1) is 0 Å².